The molecule has 106 valence electrons. The van der Waals surface area contributed by atoms with Crippen molar-refractivity contribution < 1.29 is 9.53 Å². The van der Waals surface area contributed by atoms with Gasteiger partial charge in [-0.15, -0.1) is 0 Å². The minimum absolute atomic E-state index is 0.0475. The van der Waals surface area contributed by atoms with E-state index in [1.165, 1.54) is 18.6 Å². The van der Waals surface area contributed by atoms with Gasteiger partial charge in [-0.3, -0.25) is 4.79 Å². The Labute approximate surface area is 115 Å². The van der Waals surface area contributed by atoms with Crippen LogP contribution in [0.5, 0.6) is 0 Å². The van der Waals surface area contributed by atoms with E-state index in [1.54, 1.807) is 0 Å². The summed E-state index contributed by atoms with van der Waals surface area (Å²) < 4.78 is 5.28. The average Bonchev–Trinajstić information content (AvgIpc) is 2.37. The van der Waals surface area contributed by atoms with E-state index < -0.39 is 5.54 Å². The van der Waals surface area contributed by atoms with Crippen molar-refractivity contribution in [2.75, 3.05) is 18.9 Å². The lowest BCUT2D eigenvalue weighted by atomic mass is 9.81. The number of rotatable bonds is 7. The summed E-state index contributed by atoms with van der Waals surface area (Å²) in [4.78, 5) is 12.2. The Bertz CT molecular complexity index is 256. The van der Waals surface area contributed by atoms with E-state index in [1.807, 2.05) is 18.7 Å². The molecule has 0 saturated heterocycles. The third kappa shape index (κ3) is 4.16. The van der Waals surface area contributed by atoms with Crippen molar-refractivity contribution in [2.45, 2.75) is 63.7 Å². The highest BCUT2D eigenvalue weighted by molar-refractivity contribution is 7.99. The summed E-state index contributed by atoms with van der Waals surface area (Å²) >= 11 is 2.01. The second-order valence-corrected chi connectivity index (χ2v) is 6.33. The average molecular weight is 273 g/mol. The summed E-state index contributed by atoms with van der Waals surface area (Å²) in [6.07, 6.45) is 5.40. The summed E-state index contributed by atoms with van der Waals surface area (Å²) in [5.41, 5.74) is -0.422. The van der Waals surface area contributed by atoms with E-state index in [2.05, 4.69) is 19.2 Å². The SMILES string of the molecule is CCCSC1CCCC(NCC)(C(=O)OCC)C1. The van der Waals surface area contributed by atoms with E-state index in [-0.39, 0.29) is 5.97 Å². The number of nitrogens with one attached hydrogen (secondary N) is 1. The molecule has 1 fully saturated rings. The molecule has 1 rings (SSSR count). The molecule has 0 aromatic carbocycles. The fourth-order valence-electron chi connectivity index (χ4n) is 2.68. The normalized spacial score (nSPS) is 28.1. The smallest absolute Gasteiger partial charge is 0.326 e. The zero-order chi connectivity index (χ0) is 13.4. The Morgan fingerprint density at radius 1 is 1.44 bits per heavy atom. The summed E-state index contributed by atoms with van der Waals surface area (Å²) in [6, 6.07) is 0. The Balaban J connectivity index is 2.67. The quantitative estimate of drug-likeness (QED) is 0.724. The van der Waals surface area contributed by atoms with Gasteiger partial charge in [-0.05, 0) is 51.3 Å². The van der Waals surface area contributed by atoms with Crippen LogP contribution < -0.4 is 5.32 Å². The molecule has 1 aliphatic carbocycles. The summed E-state index contributed by atoms with van der Waals surface area (Å²) in [5, 5.41) is 4.00. The van der Waals surface area contributed by atoms with E-state index in [0.717, 1.165) is 25.8 Å². The minimum atomic E-state index is -0.422. The summed E-state index contributed by atoms with van der Waals surface area (Å²) in [5.74, 6) is 1.14. The lowest BCUT2D eigenvalue weighted by molar-refractivity contribution is -0.152. The molecule has 2 unspecified atom stereocenters. The van der Waals surface area contributed by atoms with Crippen LogP contribution in [0, 0.1) is 0 Å². The molecule has 0 heterocycles. The van der Waals surface area contributed by atoms with Gasteiger partial charge in [-0.1, -0.05) is 13.8 Å². The van der Waals surface area contributed by atoms with Crippen LogP contribution >= 0.6 is 11.8 Å². The molecule has 3 nitrogen and oxygen atoms in total. The van der Waals surface area contributed by atoms with Crippen molar-refractivity contribution >= 4 is 17.7 Å². The first kappa shape index (κ1) is 15.8. The molecular weight excluding hydrogens is 246 g/mol. The third-order valence-corrected chi connectivity index (χ3v) is 4.96. The number of ether oxygens (including phenoxy) is 1. The maximum Gasteiger partial charge on any atom is 0.326 e. The Morgan fingerprint density at radius 3 is 2.83 bits per heavy atom. The Hall–Kier alpha value is -0.220. The van der Waals surface area contributed by atoms with Gasteiger partial charge in [0.05, 0.1) is 6.61 Å². The Kier molecular flexibility index (Phi) is 7.08. The molecule has 1 N–H and O–H groups in total. The summed E-state index contributed by atoms with van der Waals surface area (Å²) in [6.45, 7) is 7.44. The van der Waals surface area contributed by atoms with Crippen molar-refractivity contribution in [1.82, 2.24) is 5.32 Å². The van der Waals surface area contributed by atoms with E-state index in [9.17, 15) is 4.79 Å². The van der Waals surface area contributed by atoms with Crippen LogP contribution in [0.15, 0.2) is 0 Å². The van der Waals surface area contributed by atoms with E-state index in [4.69, 9.17) is 4.74 Å². The number of hydrogen-bond donors (Lipinski definition) is 1. The van der Waals surface area contributed by atoms with Gasteiger partial charge in [-0.25, -0.2) is 0 Å². The predicted octanol–water partition coefficient (Wildman–Crippen LogP) is 2.98. The Morgan fingerprint density at radius 2 is 2.22 bits per heavy atom. The standard InChI is InChI=1S/C14H27NO2S/c1-4-10-18-12-8-7-9-14(11-12,15-5-2)13(16)17-6-3/h12,15H,4-11H2,1-3H3. The van der Waals surface area contributed by atoms with Gasteiger partial charge in [0.25, 0.3) is 0 Å². The highest BCUT2D eigenvalue weighted by Gasteiger charge is 2.43. The molecule has 2 atom stereocenters. The largest absolute Gasteiger partial charge is 0.465 e. The zero-order valence-electron chi connectivity index (χ0n) is 12.0. The monoisotopic (exact) mass is 273 g/mol. The molecule has 1 saturated carbocycles. The lowest BCUT2D eigenvalue weighted by Gasteiger charge is -2.39. The second kappa shape index (κ2) is 8.05. The molecule has 18 heavy (non-hydrogen) atoms. The molecule has 0 aromatic rings. The van der Waals surface area contributed by atoms with Gasteiger partial charge in [-0.2, -0.15) is 11.8 Å². The highest BCUT2D eigenvalue weighted by atomic mass is 32.2. The predicted molar refractivity (Wildman–Crippen MR) is 78.0 cm³/mol. The van der Waals surface area contributed by atoms with Crippen LogP contribution in [0.2, 0.25) is 0 Å². The number of carbonyl (C=O) groups is 1. The minimum Gasteiger partial charge on any atom is -0.465 e. The summed E-state index contributed by atoms with van der Waals surface area (Å²) in [7, 11) is 0. The van der Waals surface area contributed by atoms with Gasteiger partial charge >= 0.3 is 5.97 Å². The molecule has 0 aliphatic heterocycles. The molecule has 0 aromatic heterocycles. The van der Waals surface area contributed by atoms with Crippen molar-refractivity contribution in [2.24, 2.45) is 0 Å². The topological polar surface area (TPSA) is 38.3 Å². The van der Waals surface area contributed by atoms with E-state index in [0.29, 0.717) is 11.9 Å². The van der Waals surface area contributed by atoms with Gasteiger partial charge in [0.1, 0.15) is 5.54 Å². The molecule has 0 amide bonds. The van der Waals surface area contributed by atoms with Gasteiger partial charge in [0, 0.05) is 5.25 Å². The first-order valence-corrected chi connectivity index (χ1v) is 8.27. The van der Waals surface area contributed by atoms with Gasteiger partial charge in [0.15, 0.2) is 0 Å². The number of carbonyl (C=O) groups excluding carboxylic acids is 1. The van der Waals surface area contributed by atoms with Crippen molar-refractivity contribution in [1.29, 1.82) is 0 Å². The van der Waals surface area contributed by atoms with Crippen molar-refractivity contribution in [3.05, 3.63) is 0 Å². The van der Waals surface area contributed by atoms with Crippen LogP contribution in [-0.2, 0) is 9.53 Å². The molecule has 0 radical (unpaired) electrons. The number of hydrogen-bond acceptors (Lipinski definition) is 4. The molecule has 0 spiro atoms. The first-order chi connectivity index (χ1) is 8.68. The lowest BCUT2D eigenvalue weighted by Crippen LogP contribution is -2.56. The molecule has 1 aliphatic rings. The van der Waals surface area contributed by atoms with Crippen molar-refractivity contribution in [3.8, 4) is 0 Å². The zero-order valence-corrected chi connectivity index (χ0v) is 12.8. The maximum atomic E-state index is 12.2. The van der Waals surface area contributed by atoms with Crippen molar-refractivity contribution in [3.63, 3.8) is 0 Å². The molecular formula is C14H27NO2S. The van der Waals surface area contributed by atoms with Crippen LogP contribution in [0.3, 0.4) is 0 Å². The fraction of sp³-hybridized carbons (Fsp3) is 0.929. The van der Waals surface area contributed by atoms with Crippen LogP contribution in [0.4, 0.5) is 0 Å². The highest BCUT2D eigenvalue weighted by Crippen LogP contribution is 2.36. The van der Waals surface area contributed by atoms with Gasteiger partial charge in [0.2, 0.25) is 0 Å². The number of likely N-dealkylation sites (N-methyl/N-ethyl adjacent to an activating group) is 1. The first-order valence-electron chi connectivity index (χ1n) is 7.22. The third-order valence-electron chi connectivity index (χ3n) is 3.44. The molecule has 4 heteroatoms. The second-order valence-electron chi connectivity index (χ2n) is 4.92. The van der Waals surface area contributed by atoms with Crippen LogP contribution in [-0.4, -0.2) is 35.7 Å². The maximum absolute atomic E-state index is 12.2. The van der Waals surface area contributed by atoms with Crippen LogP contribution in [0.25, 0.3) is 0 Å². The van der Waals surface area contributed by atoms with Crippen LogP contribution in [0.1, 0.15) is 52.9 Å². The molecule has 0 bridgehead atoms. The number of thioether (sulfide) groups is 1. The number of esters is 1. The van der Waals surface area contributed by atoms with E-state index >= 15 is 0 Å². The van der Waals surface area contributed by atoms with Gasteiger partial charge < -0.3 is 10.1 Å². The fourth-order valence-corrected chi connectivity index (χ4v) is 3.98.